The highest BCUT2D eigenvalue weighted by atomic mass is 16.1. The number of Topliss-reactive ketones (excluding diaryl/α,β-unsaturated/α-hetero) is 1. The van der Waals surface area contributed by atoms with E-state index in [2.05, 4.69) is 28.1 Å². The number of nitrogens with zero attached hydrogens (tertiary/aromatic N) is 2. The van der Waals surface area contributed by atoms with Crippen molar-refractivity contribution in [1.29, 1.82) is 0 Å². The molecule has 4 heteroatoms. The van der Waals surface area contributed by atoms with Gasteiger partial charge in [-0.2, -0.15) is 0 Å². The molecular formula is C23H22N2O2. The summed E-state index contributed by atoms with van der Waals surface area (Å²) < 4.78 is 0. The summed E-state index contributed by atoms with van der Waals surface area (Å²) in [4.78, 5) is 30.0. The van der Waals surface area contributed by atoms with E-state index in [4.69, 9.17) is 0 Å². The first kappa shape index (κ1) is 17.6. The standard InChI is InChI=1S/C23H22N2O2/c1-16(15-26)25-11-9-22(14-25)23(27)18-4-2-17(3-5-18)19-6-7-21-13-24-10-8-20(21)12-19/h2-8,10,12-13,15-16,22H,9,11,14H2,1H3. The Morgan fingerprint density at radius 3 is 2.67 bits per heavy atom. The number of ketones is 1. The first-order chi connectivity index (χ1) is 13.2. The fourth-order valence-electron chi connectivity index (χ4n) is 3.78. The van der Waals surface area contributed by atoms with Crippen LogP contribution in [0.15, 0.2) is 60.9 Å². The second kappa shape index (κ2) is 7.41. The molecule has 0 saturated carbocycles. The summed E-state index contributed by atoms with van der Waals surface area (Å²) in [5, 5.41) is 2.27. The number of fused-ring (bicyclic) bond motifs is 1. The lowest BCUT2D eigenvalue weighted by atomic mass is 9.94. The van der Waals surface area contributed by atoms with E-state index in [9.17, 15) is 9.59 Å². The van der Waals surface area contributed by atoms with Crippen molar-refractivity contribution >= 4 is 22.8 Å². The van der Waals surface area contributed by atoms with Gasteiger partial charge in [-0.3, -0.25) is 14.7 Å². The Labute approximate surface area is 158 Å². The van der Waals surface area contributed by atoms with E-state index in [0.717, 1.165) is 46.7 Å². The number of likely N-dealkylation sites (tertiary alicyclic amines) is 1. The minimum absolute atomic E-state index is 0.0218. The van der Waals surface area contributed by atoms with Crippen LogP contribution in [0.3, 0.4) is 0 Å². The Morgan fingerprint density at radius 2 is 1.89 bits per heavy atom. The van der Waals surface area contributed by atoms with Crippen molar-refractivity contribution in [2.75, 3.05) is 13.1 Å². The molecule has 1 saturated heterocycles. The lowest BCUT2D eigenvalue weighted by Crippen LogP contribution is -2.32. The molecule has 0 radical (unpaired) electrons. The molecule has 4 nitrogen and oxygen atoms in total. The van der Waals surface area contributed by atoms with Crippen LogP contribution in [0, 0.1) is 5.92 Å². The molecule has 2 unspecified atom stereocenters. The second-order valence-corrected chi connectivity index (χ2v) is 7.24. The van der Waals surface area contributed by atoms with Crippen LogP contribution in [-0.4, -0.2) is 41.1 Å². The van der Waals surface area contributed by atoms with Crippen molar-refractivity contribution in [3.63, 3.8) is 0 Å². The molecule has 0 amide bonds. The predicted molar refractivity (Wildman–Crippen MR) is 107 cm³/mol. The molecule has 1 aliphatic rings. The van der Waals surface area contributed by atoms with Gasteiger partial charge in [0.1, 0.15) is 6.29 Å². The number of rotatable bonds is 5. The van der Waals surface area contributed by atoms with Crippen LogP contribution >= 0.6 is 0 Å². The quantitative estimate of drug-likeness (QED) is 0.511. The lowest BCUT2D eigenvalue weighted by Gasteiger charge is -2.18. The van der Waals surface area contributed by atoms with Gasteiger partial charge in [0, 0.05) is 35.8 Å². The Bertz CT molecular complexity index is 981. The molecule has 1 aromatic heterocycles. The van der Waals surface area contributed by atoms with Crippen LogP contribution in [0.4, 0.5) is 0 Å². The number of hydrogen-bond donors (Lipinski definition) is 0. The molecule has 0 aliphatic carbocycles. The summed E-state index contributed by atoms with van der Waals surface area (Å²) in [5.74, 6) is 0.151. The van der Waals surface area contributed by atoms with E-state index < -0.39 is 0 Å². The molecule has 136 valence electrons. The number of benzene rings is 2. The Kier molecular flexibility index (Phi) is 4.82. The molecule has 0 bridgehead atoms. The van der Waals surface area contributed by atoms with Crippen LogP contribution in [0.25, 0.3) is 21.9 Å². The SMILES string of the molecule is CC(C=O)N1CCC(C(=O)c2ccc(-c3ccc4cnccc4c3)cc2)C1. The number of aromatic nitrogens is 1. The first-order valence-corrected chi connectivity index (χ1v) is 9.33. The smallest absolute Gasteiger partial charge is 0.167 e. The van der Waals surface area contributed by atoms with Crippen molar-refractivity contribution in [2.24, 2.45) is 5.92 Å². The third-order valence-corrected chi connectivity index (χ3v) is 5.51. The van der Waals surface area contributed by atoms with Gasteiger partial charge >= 0.3 is 0 Å². The molecule has 2 heterocycles. The van der Waals surface area contributed by atoms with E-state index in [1.165, 1.54) is 0 Å². The number of hydrogen-bond acceptors (Lipinski definition) is 4. The van der Waals surface area contributed by atoms with E-state index in [1.807, 2.05) is 43.5 Å². The summed E-state index contributed by atoms with van der Waals surface area (Å²) in [7, 11) is 0. The molecule has 0 N–H and O–H groups in total. The lowest BCUT2D eigenvalue weighted by molar-refractivity contribution is -0.111. The largest absolute Gasteiger partial charge is 0.302 e. The summed E-state index contributed by atoms with van der Waals surface area (Å²) in [6.07, 6.45) is 5.42. The molecule has 27 heavy (non-hydrogen) atoms. The van der Waals surface area contributed by atoms with E-state index in [-0.39, 0.29) is 17.7 Å². The van der Waals surface area contributed by atoms with Crippen molar-refractivity contribution in [2.45, 2.75) is 19.4 Å². The Balaban J connectivity index is 1.51. The van der Waals surface area contributed by atoms with Gasteiger partial charge in [0.2, 0.25) is 0 Å². The number of aldehydes is 1. The zero-order valence-corrected chi connectivity index (χ0v) is 15.3. The number of carbonyl (C=O) groups is 2. The Hall–Kier alpha value is -2.85. The van der Waals surface area contributed by atoms with Crippen molar-refractivity contribution < 1.29 is 9.59 Å². The van der Waals surface area contributed by atoms with Crippen molar-refractivity contribution in [3.05, 3.63) is 66.5 Å². The van der Waals surface area contributed by atoms with Crippen molar-refractivity contribution in [1.82, 2.24) is 9.88 Å². The highest BCUT2D eigenvalue weighted by Crippen LogP contribution is 2.26. The van der Waals surface area contributed by atoms with Crippen LogP contribution < -0.4 is 0 Å². The van der Waals surface area contributed by atoms with Crippen LogP contribution in [0.5, 0.6) is 0 Å². The third kappa shape index (κ3) is 3.53. The summed E-state index contributed by atoms with van der Waals surface area (Å²) in [5.41, 5.74) is 2.96. The maximum atomic E-state index is 12.8. The second-order valence-electron chi connectivity index (χ2n) is 7.24. The minimum Gasteiger partial charge on any atom is -0.302 e. The van der Waals surface area contributed by atoms with Gasteiger partial charge in [-0.15, -0.1) is 0 Å². The maximum absolute atomic E-state index is 12.8. The fourth-order valence-corrected chi connectivity index (χ4v) is 3.78. The average molecular weight is 358 g/mol. The van der Waals surface area contributed by atoms with Gasteiger partial charge in [-0.05, 0) is 48.5 Å². The van der Waals surface area contributed by atoms with Gasteiger partial charge in [0.15, 0.2) is 5.78 Å². The van der Waals surface area contributed by atoms with Gasteiger partial charge < -0.3 is 4.79 Å². The highest BCUT2D eigenvalue weighted by molar-refractivity contribution is 5.98. The summed E-state index contributed by atoms with van der Waals surface area (Å²) >= 11 is 0. The zero-order chi connectivity index (χ0) is 18.8. The molecule has 1 fully saturated rings. The fraction of sp³-hybridized carbons (Fsp3) is 0.261. The first-order valence-electron chi connectivity index (χ1n) is 9.33. The molecular weight excluding hydrogens is 336 g/mol. The molecule has 2 atom stereocenters. The monoisotopic (exact) mass is 358 g/mol. The van der Waals surface area contributed by atoms with Gasteiger partial charge in [0.25, 0.3) is 0 Å². The topological polar surface area (TPSA) is 50.3 Å². The highest BCUT2D eigenvalue weighted by Gasteiger charge is 2.31. The Morgan fingerprint density at radius 1 is 1.11 bits per heavy atom. The third-order valence-electron chi connectivity index (χ3n) is 5.51. The van der Waals surface area contributed by atoms with Crippen molar-refractivity contribution in [3.8, 4) is 11.1 Å². The predicted octanol–water partition coefficient (Wildman–Crippen LogP) is 3.99. The number of pyridine rings is 1. The van der Waals surface area contributed by atoms with Gasteiger partial charge in [0.05, 0.1) is 6.04 Å². The zero-order valence-electron chi connectivity index (χ0n) is 15.3. The molecule has 2 aromatic carbocycles. The normalized spacial score (nSPS) is 18.5. The molecule has 0 spiro atoms. The van der Waals surface area contributed by atoms with Crippen LogP contribution in [0.2, 0.25) is 0 Å². The van der Waals surface area contributed by atoms with Crippen LogP contribution in [0.1, 0.15) is 23.7 Å². The van der Waals surface area contributed by atoms with Gasteiger partial charge in [-0.1, -0.05) is 36.4 Å². The summed E-state index contributed by atoms with van der Waals surface area (Å²) in [6, 6.07) is 16.0. The number of carbonyl (C=O) groups excluding carboxylic acids is 2. The maximum Gasteiger partial charge on any atom is 0.167 e. The molecule has 3 aromatic rings. The molecule has 4 rings (SSSR count). The average Bonchev–Trinajstić information content (AvgIpc) is 3.22. The van der Waals surface area contributed by atoms with Crippen LogP contribution in [-0.2, 0) is 4.79 Å². The van der Waals surface area contributed by atoms with E-state index >= 15 is 0 Å². The van der Waals surface area contributed by atoms with E-state index in [1.54, 1.807) is 6.20 Å². The van der Waals surface area contributed by atoms with E-state index in [0.29, 0.717) is 6.54 Å². The van der Waals surface area contributed by atoms with Gasteiger partial charge in [-0.25, -0.2) is 0 Å². The minimum atomic E-state index is -0.117. The summed E-state index contributed by atoms with van der Waals surface area (Å²) in [6.45, 7) is 3.35. The molecule has 1 aliphatic heterocycles.